The van der Waals surface area contributed by atoms with Gasteiger partial charge in [0.15, 0.2) is 11.4 Å². The third-order valence-electron chi connectivity index (χ3n) is 7.85. The second-order valence-electron chi connectivity index (χ2n) is 10.8. The van der Waals surface area contributed by atoms with Crippen LogP contribution in [0.1, 0.15) is 18.9 Å². The number of likely N-dealkylation sites (N-methyl/N-ethyl adjacent to an activating group) is 1. The van der Waals surface area contributed by atoms with Gasteiger partial charge in [-0.1, -0.05) is 18.2 Å². The lowest BCUT2D eigenvalue weighted by Gasteiger charge is -2.34. The first-order chi connectivity index (χ1) is 19.5. The average Bonchev–Trinajstić information content (AvgIpc) is 3.36. The van der Waals surface area contributed by atoms with E-state index >= 15 is 0 Å². The van der Waals surface area contributed by atoms with Crippen LogP contribution in [0.25, 0.3) is 22.3 Å². The van der Waals surface area contributed by atoms with Crippen LogP contribution in [-0.4, -0.2) is 99.6 Å². The normalized spacial score (nSPS) is 19.2. The van der Waals surface area contributed by atoms with Crippen molar-refractivity contribution in [3.05, 3.63) is 60.9 Å². The summed E-state index contributed by atoms with van der Waals surface area (Å²) in [5, 5.41) is 5.79. The van der Waals surface area contributed by atoms with Crippen LogP contribution in [0, 0.1) is 0 Å². The largest absolute Gasteiger partial charge is 0.457 e. The minimum absolute atomic E-state index is 0.0939. The van der Waals surface area contributed by atoms with Gasteiger partial charge in [-0.2, -0.15) is 5.10 Å². The number of hydrogen-bond acceptors (Lipinski definition) is 9. The molecule has 10 nitrogen and oxygen atoms in total. The van der Waals surface area contributed by atoms with Crippen molar-refractivity contribution in [2.24, 2.45) is 0 Å². The number of likely N-dealkylation sites (tertiary alicyclic amines) is 1. The summed E-state index contributed by atoms with van der Waals surface area (Å²) in [7, 11) is 2.13. The number of Topliss-reactive ketones (excluding diaryl/α,β-unsaturated/α-hetero) is 1. The van der Waals surface area contributed by atoms with E-state index in [1.807, 2.05) is 59.3 Å². The lowest BCUT2D eigenvalue weighted by molar-refractivity contribution is -0.122. The van der Waals surface area contributed by atoms with E-state index in [4.69, 9.17) is 15.6 Å². The summed E-state index contributed by atoms with van der Waals surface area (Å²) in [6, 6.07) is 17.6. The number of nitrogen functional groups attached to an aromatic ring is 1. The fourth-order valence-corrected chi connectivity index (χ4v) is 5.69. The molecule has 4 aromatic rings. The van der Waals surface area contributed by atoms with E-state index in [0.29, 0.717) is 18.9 Å². The SMILES string of the molecule is CN1CCN(CC(=O)CN2CCCC(n3nc(-c4ccc(Oc5ccccc5)cc4)c4c(N)ncnc43)C2)CC1. The molecule has 2 aliphatic rings. The maximum Gasteiger partial charge on any atom is 0.164 e. The van der Waals surface area contributed by atoms with Gasteiger partial charge >= 0.3 is 0 Å². The number of piperazine rings is 1. The number of anilines is 1. The average molecular weight is 541 g/mol. The number of carbonyl (C=O) groups excluding carboxylic acids is 1. The Labute approximate surface area is 234 Å². The molecule has 40 heavy (non-hydrogen) atoms. The Balaban J connectivity index is 1.19. The molecule has 0 radical (unpaired) electrons. The number of hydrogen-bond donors (Lipinski definition) is 1. The van der Waals surface area contributed by atoms with Crippen molar-refractivity contribution in [2.45, 2.75) is 18.9 Å². The molecular weight excluding hydrogens is 504 g/mol. The van der Waals surface area contributed by atoms with E-state index in [2.05, 4.69) is 31.7 Å². The number of fused-ring (bicyclic) bond motifs is 1. The molecular formula is C30H36N8O2. The Hall–Kier alpha value is -3.86. The standard InChI is InChI=1S/C30H36N8O2/c1-35-14-16-36(17-15-35)19-24(39)20-37-13-5-6-23(18-37)38-30-27(29(31)32-21-33-30)28(34-38)22-9-11-26(12-10-22)40-25-7-3-2-4-8-25/h2-4,7-12,21,23H,5-6,13-20H2,1H3,(H2,31,32,33). The van der Waals surface area contributed by atoms with Crippen LogP contribution in [0.5, 0.6) is 11.5 Å². The highest BCUT2D eigenvalue weighted by atomic mass is 16.5. The van der Waals surface area contributed by atoms with Crippen LogP contribution in [0.15, 0.2) is 60.9 Å². The van der Waals surface area contributed by atoms with Gasteiger partial charge < -0.3 is 15.4 Å². The molecule has 1 atom stereocenters. The third kappa shape index (κ3) is 5.84. The van der Waals surface area contributed by atoms with Gasteiger partial charge in [-0.25, -0.2) is 14.6 Å². The van der Waals surface area contributed by atoms with Crippen LogP contribution in [0.4, 0.5) is 5.82 Å². The number of ketones is 1. The monoisotopic (exact) mass is 540 g/mol. The Morgan fingerprint density at radius 1 is 0.925 bits per heavy atom. The van der Waals surface area contributed by atoms with E-state index in [9.17, 15) is 4.79 Å². The zero-order chi connectivity index (χ0) is 27.5. The van der Waals surface area contributed by atoms with Crippen molar-refractivity contribution in [3.8, 4) is 22.8 Å². The second kappa shape index (κ2) is 11.7. The van der Waals surface area contributed by atoms with Gasteiger partial charge in [-0.15, -0.1) is 0 Å². The number of rotatable bonds is 8. The van der Waals surface area contributed by atoms with Crippen LogP contribution in [0.2, 0.25) is 0 Å². The van der Waals surface area contributed by atoms with Crippen LogP contribution in [0.3, 0.4) is 0 Å². The minimum atomic E-state index is 0.0939. The van der Waals surface area contributed by atoms with E-state index in [0.717, 1.165) is 85.9 Å². The Morgan fingerprint density at radius 3 is 2.42 bits per heavy atom. The molecule has 1 unspecified atom stereocenters. The maximum absolute atomic E-state index is 12.9. The number of benzene rings is 2. The number of para-hydroxylation sites is 1. The summed E-state index contributed by atoms with van der Waals surface area (Å²) in [4.78, 5) is 28.6. The maximum atomic E-state index is 12.9. The highest BCUT2D eigenvalue weighted by molar-refractivity contribution is 5.98. The summed E-state index contributed by atoms with van der Waals surface area (Å²) in [5.74, 6) is 2.21. The Morgan fingerprint density at radius 2 is 1.65 bits per heavy atom. The molecule has 2 aromatic heterocycles. The fourth-order valence-electron chi connectivity index (χ4n) is 5.69. The van der Waals surface area contributed by atoms with E-state index in [1.54, 1.807) is 0 Å². The molecule has 2 aliphatic heterocycles. The van der Waals surface area contributed by atoms with Crippen molar-refractivity contribution >= 4 is 22.6 Å². The van der Waals surface area contributed by atoms with Gasteiger partial charge in [0.1, 0.15) is 29.3 Å². The molecule has 0 bridgehead atoms. The number of aromatic nitrogens is 4. The van der Waals surface area contributed by atoms with Crippen molar-refractivity contribution in [1.29, 1.82) is 0 Å². The second-order valence-corrected chi connectivity index (χ2v) is 10.8. The molecule has 4 heterocycles. The lowest BCUT2D eigenvalue weighted by atomic mass is 10.1. The van der Waals surface area contributed by atoms with Crippen molar-refractivity contribution in [3.63, 3.8) is 0 Å². The van der Waals surface area contributed by atoms with Crippen LogP contribution in [-0.2, 0) is 4.79 Å². The van der Waals surface area contributed by atoms with Crippen LogP contribution < -0.4 is 10.5 Å². The quantitative estimate of drug-likeness (QED) is 0.360. The number of ether oxygens (including phenoxy) is 1. The highest BCUT2D eigenvalue weighted by Crippen LogP contribution is 2.34. The summed E-state index contributed by atoms with van der Waals surface area (Å²) in [6.07, 6.45) is 3.46. The number of piperidine rings is 1. The first kappa shape index (κ1) is 26.4. The summed E-state index contributed by atoms with van der Waals surface area (Å²) in [5.41, 5.74) is 8.76. The van der Waals surface area contributed by atoms with E-state index < -0.39 is 0 Å². The fraction of sp³-hybridized carbons (Fsp3) is 0.400. The molecule has 6 rings (SSSR count). The molecule has 2 N–H and O–H groups in total. The molecule has 0 saturated carbocycles. The van der Waals surface area contributed by atoms with Gasteiger partial charge in [-0.05, 0) is 62.8 Å². The molecule has 2 aromatic carbocycles. The molecule has 208 valence electrons. The number of nitrogens with zero attached hydrogens (tertiary/aromatic N) is 7. The number of nitrogens with two attached hydrogens (primary N) is 1. The van der Waals surface area contributed by atoms with E-state index in [1.165, 1.54) is 6.33 Å². The van der Waals surface area contributed by atoms with Crippen molar-refractivity contribution < 1.29 is 9.53 Å². The molecule has 10 heteroatoms. The van der Waals surface area contributed by atoms with E-state index in [-0.39, 0.29) is 11.8 Å². The van der Waals surface area contributed by atoms with Crippen molar-refractivity contribution in [2.75, 3.05) is 65.1 Å². The minimum Gasteiger partial charge on any atom is -0.457 e. The summed E-state index contributed by atoms with van der Waals surface area (Å²) < 4.78 is 7.96. The molecule has 2 fully saturated rings. The first-order valence-electron chi connectivity index (χ1n) is 14.0. The molecule has 0 aliphatic carbocycles. The van der Waals surface area contributed by atoms with Gasteiger partial charge in [0.25, 0.3) is 0 Å². The van der Waals surface area contributed by atoms with Crippen LogP contribution >= 0.6 is 0 Å². The molecule has 0 amide bonds. The van der Waals surface area contributed by atoms with Gasteiger partial charge in [0.05, 0.1) is 24.5 Å². The number of carbonyl (C=O) groups is 1. The summed E-state index contributed by atoms with van der Waals surface area (Å²) in [6.45, 7) is 6.59. The summed E-state index contributed by atoms with van der Waals surface area (Å²) >= 11 is 0. The molecule has 0 spiro atoms. The third-order valence-corrected chi connectivity index (χ3v) is 7.85. The predicted molar refractivity (Wildman–Crippen MR) is 155 cm³/mol. The zero-order valence-electron chi connectivity index (χ0n) is 22.9. The Bertz CT molecular complexity index is 1450. The topological polar surface area (TPSA) is 106 Å². The van der Waals surface area contributed by atoms with Gasteiger partial charge in [-0.3, -0.25) is 14.6 Å². The highest BCUT2D eigenvalue weighted by Gasteiger charge is 2.28. The van der Waals surface area contributed by atoms with Crippen molar-refractivity contribution in [1.82, 2.24) is 34.4 Å². The lowest BCUT2D eigenvalue weighted by Crippen LogP contribution is -2.48. The predicted octanol–water partition coefficient (Wildman–Crippen LogP) is 3.32. The molecule has 2 saturated heterocycles. The van der Waals surface area contributed by atoms with Gasteiger partial charge in [0.2, 0.25) is 0 Å². The smallest absolute Gasteiger partial charge is 0.164 e. The first-order valence-corrected chi connectivity index (χ1v) is 14.0. The zero-order valence-corrected chi connectivity index (χ0v) is 22.9. The Kier molecular flexibility index (Phi) is 7.72. The van der Waals surface area contributed by atoms with Gasteiger partial charge in [0, 0.05) is 38.3 Å².